The van der Waals surface area contributed by atoms with Crippen molar-refractivity contribution >= 4 is 5.91 Å². The molecule has 1 N–H and O–H groups in total. The smallest absolute Gasteiger partial charge is 0.239 e. The van der Waals surface area contributed by atoms with E-state index in [0.717, 1.165) is 45.4 Å². The van der Waals surface area contributed by atoms with E-state index in [1.807, 2.05) is 0 Å². The molecule has 2 heterocycles. The lowest BCUT2D eigenvalue weighted by Crippen LogP contribution is -2.53. The molecule has 0 aromatic heterocycles. The van der Waals surface area contributed by atoms with Gasteiger partial charge in [-0.25, -0.2) is 0 Å². The minimum atomic E-state index is 0.0798. The topological polar surface area (TPSA) is 35.6 Å². The normalized spacial score (nSPS) is 31.1. The highest BCUT2D eigenvalue weighted by Gasteiger charge is 2.31. The molecule has 18 heavy (non-hydrogen) atoms. The number of amides is 1. The molecule has 0 aromatic rings. The van der Waals surface area contributed by atoms with Gasteiger partial charge in [0.2, 0.25) is 5.91 Å². The van der Waals surface area contributed by atoms with E-state index in [1.165, 1.54) is 12.8 Å². The van der Waals surface area contributed by atoms with E-state index in [1.54, 1.807) is 0 Å². The Kier molecular flexibility index (Phi) is 5.01. The van der Waals surface area contributed by atoms with E-state index < -0.39 is 0 Å². The molecule has 1 amide bonds. The molecule has 0 bridgehead atoms. The maximum absolute atomic E-state index is 12.6. The number of nitrogens with zero attached hydrogens (tertiary/aromatic N) is 2. The van der Waals surface area contributed by atoms with Crippen molar-refractivity contribution in [1.82, 2.24) is 15.1 Å². The summed E-state index contributed by atoms with van der Waals surface area (Å²) in [5.41, 5.74) is 0. The summed E-state index contributed by atoms with van der Waals surface area (Å²) in [7, 11) is 2.16. The number of likely N-dealkylation sites (N-methyl/N-ethyl adjacent to an activating group) is 1. The van der Waals surface area contributed by atoms with Crippen molar-refractivity contribution in [2.45, 2.75) is 51.1 Å². The standard InChI is InChI=1S/C14H27N3O/c1-3-12-11-16(2)9-6-10-17(12)14(18)13-7-4-5-8-15-13/h12-13,15H,3-11H2,1-2H3. The predicted octanol–water partition coefficient (Wildman–Crippen LogP) is 1.07. The molecule has 0 aliphatic carbocycles. The molecule has 4 heteroatoms. The third-order valence-corrected chi connectivity index (χ3v) is 4.26. The number of hydrogen-bond acceptors (Lipinski definition) is 3. The van der Waals surface area contributed by atoms with Crippen molar-refractivity contribution in [3.63, 3.8) is 0 Å². The Morgan fingerprint density at radius 1 is 1.28 bits per heavy atom. The first-order valence-corrected chi connectivity index (χ1v) is 7.44. The fourth-order valence-electron chi connectivity index (χ4n) is 3.15. The van der Waals surface area contributed by atoms with Crippen LogP contribution in [0.25, 0.3) is 0 Å². The molecule has 0 radical (unpaired) electrons. The van der Waals surface area contributed by atoms with E-state index in [0.29, 0.717) is 11.9 Å². The van der Waals surface area contributed by atoms with Crippen LogP contribution in [0.1, 0.15) is 39.0 Å². The van der Waals surface area contributed by atoms with Crippen LogP contribution in [-0.2, 0) is 4.79 Å². The first-order chi connectivity index (χ1) is 8.72. The molecule has 0 aromatic carbocycles. The van der Waals surface area contributed by atoms with Gasteiger partial charge in [-0.15, -0.1) is 0 Å². The van der Waals surface area contributed by atoms with Crippen LogP contribution in [0, 0.1) is 0 Å². The summed E-state index contributed by atoms with van der Waals surface area (Å²) in [5, 5.41) is 3.39. The van der Waals surface area contributed by atoms with Gasteiger partial charge in [-0.2, -0.15) is 0 Å². The molecule has 0 saturated carbocycles. The van der Waals surface area contributed by atoms with Gasteiger partial charge in [0.25, 0.3) is 0 Å². The summed E-state index contributed by atoms with van der Waals surface area (Å²) in [6, 6.07) is 0.477. The van der Waals surface area contributed by atoms with Gasteiger partial charge in [-0.05, 0) is 45.8 Å². The number of carbonyl (C=O) groups excluding carboxylic acids is 1. The summed E-state index contributed by atoms with van der Waals surface area (Å²) in [5.74, 6) is 0.344. The van der Waals surface area contributed by atoms with Gasteiger partial charge in [0.05, 0.1) is 6.04 Å². The Morgan fingerprint density at radius 3 is 2.78 bits per heavy atom. The second-order valence-electron chi connectivity index (χ2n) is 5.71. The highest BCUT2D eigenvalue weighted by Crippen LogP contribution is 2.16. The van der Waals surface area contributed by atoms with Crippen molar-refractivity contribution in [3.05, 3.63) is 0 Å². The Morgan fingerprint density at radius 2 is 2.11 bits per heavy atom. The average molecular weight is 253 g/mol. The van der Waals surface area contributed by atoms with Gasteiger partial charge < -0.3 is 15.1 Å². The van der Waals surface area contributed by atoms with Crippen LogP contribution in [0.15, 0.2) is 0 Å². The maximum Gasteiger partial charge on any atom is 0.239 e. The van der Waals surface area contributed by atoms with Crippen LogP contribution >= 0.6 is 0 Å². The van der Waals surface area contributed by atoms with Gasteiger partial charge in [-0.3, -0.25) is 4.79 Å². The lowest BCUT2D eigenvalue weighted by molar-refractivity contribution is -0.136. The van der Waals surface area contributed by atoms with Crippen molar-refractivity contribution in [3.8, 4) is 0 Å². The Labute approximate surface area is 111 Å². The first-order valence-electron chi connectivity index (χ1n) is 7.44. The van der Waals surface area contributed by atoms with Crippen LogP contribution in [0.4, 0.5) is 0 Å². The lowest BCUT2D eigenvalue weighted by atomic mass is 10.0. The second kappa shape index (κ2) is 6.53. The molecular formula is C14H27N3O. The number of nitrogens with one attached hydrogen (secondary N) is 1. The third kappa shape index (κ3) is 3.23. The second-order valence-corrected chi connectivity index (χ2v) is 5.71. The predicted molar refractivity (Wildman–Crippen MR) is 73.5 cm³/mol. The molecule has 4 nitrogen and oxygen atoms in total. The van der Waals surface area contributed by atoms with Gasteiger partial charge >= 0.3 is 0 Å². The summed E-state index contributed by atoms with van der Waals surface area (Å²) < 4.78 is 0. The number of carbonyl (C=O) groups is 1. The van der Waals surface area contributed by atoms with Gasteiger partial charge in [0.1, 0.15) is 0 Å². The summed E-state index contributed by atoms with van der Waals surface area (Å²) in [6.45, 7) is 6.26. The zero-order chi connectivity index (χ0) is 13.0. The molecule has 2 saturated heterocycles. The van der Waals surface area contributed by atoms with E-state index >= 15 is 0 Å². The molecule has 2 fully saturated rings. The fourth-order valence-corrected chi connectivity index (χ4v) is 3.15. The van der Waals surface area contributed by atoms with Crippen LogP contribution in [0.2, 0.25) is 0 Å². The quantitative estimate of drug-likeness (QED) is 0.799. The zero-order valence-electron chi connectivity index (χ0n) is 11.8. The number of hydrogen-bond donors (Lipinski definition) is 1. The minimum absolute atomic E-state index is 0.0798. The van der Waals surface area contributed by atoms with Gasteiger partial charge in [-0.1, -0.05) is 13.3 Å². The summed E-state index contributed by atoms with van der Waals surface area (Å²) in [4.78, 5) is 17.1. The van der Waals surface area contributed by atoms with E-state index in [2.05, 4.69) is 29.1 Å². The molecule has 2 aliphatic rings. The third-order valence-electron chi connectivity index (χ3n) is 4.26. The molecule has 2 rings (SSSR count). The van der Waals surface area contributed by atoms with Crippen LogP contribution < -0.4 is 5.32 Å². The van der Waals surface area contributed by atoms with E-state index in [9.17, 15) is 4.79 Å². The number of piperidine rings is 1. The van der Waals surface area contributed by atoms with Crippen molar-refractivity contribution in [2.75, 3.05) is 33.2 Å². The minimum Gasteiger partial charge on any atom is -0.337 e. The van der Waals surface area contributed by atoms with Crippen LogP contribution in [0.5, 0.6) is 0 Å². The monoisotopic (exact) mass is 253 g/mol. The van der Waals surface area contributed by atoms with Gasteiger partial charge in [0.15, 0.2) is 0 Å². The SMILES string of the molecule is CCC1CN(C)CCCN1C(=O)C1CCCCN1. The Hall–Kier alpha value is -0.610. The number of rotatable bonds is 2. The zero-order valence-corrected chi connectivity index (χ0v) is 11.8. The largest absolute Gasteiger partial charge is 0.337 e. The van der Waals surface area contributed by atoms with Crippen LogP contribution in [-0.4, -0.2) is 61.0 Å². The molecule has 2 atom stereocenters. The average Bonchev–Trinajstić information content (AvgIpc) is 2.60. The molecule has 0 spiro atoms. The summed E-state index contributed by atoms with van der Waals surface area (Å²) in [6.07, 6.45) is 5.58. The Bertz CT molecular complexity index is 276. The van der Waals surface area contributed by atoms with Crippen LogP contribution in [0.3, 0.4) is 0 Å². The lowest BCUT2D eigenvalue weighted by Gasteiger charge is -2.34. The fraction of sp³-hybridized carbons (Fsp3) is 0.929. The molecular weight excluding hydrogens is 226 g/mol. The van der Waals surface area contributed by atoms with Crippen molar-refractivity contribution < 1.29 is 4.79 Å². The molecule has 104 valence electrons. The highest BCUT2D eigenvalue weighted by molar-refractivity contribution is 5.82. The molecule has 2 unspecified atom stereocenters. The maximum atomic E-state index is 12.6. The summed E-state index contributed by atoms with van der Waals surface area (Å²) >= 11 is 0. The molecule has 2 aliphatic heterocycles. The van der Waals surface area contributed by atoms with E-state index in [-0.39, 0.29) is 6.04 Å². The van der Waals surface area contributed by atoms with E-state index in [4.69, 9.17) is 0 Å². The Balaban J connectivity index is 2.01. The van der Waals surface area contributed by atoms with Crippen molar-refractivity contribution in [2.24, 2.45) is 0 Å². The highest BCUT2D eigenvalue weighted by atomic mass is 16.2. The van der Waals surface area contributed by atoms with Gasteiger partial charge in [0, 0.05) is 19.1 Å². The van der Waals surface area contributed by atoms with Crippen molar-refractivity contribution in [1.29, 1.82) is 0 Å². The first kappa shape index (κ1) is 13.8.